The lowest BCUT2D eigenvalue weighted by molar-refractivity contribution is -0.302. The molecule has 1 aliphatic heterocycles. The van der Waals surface area contributed by atoms with Gasteiger partial charge in [-0.25, -0.2) is 0 Å². The molecule has 0 bridgehead atoms. The van der Waals surface area contributed by atoms with Crippen molar-refractivity contribution in [3.05, 3.63) is 48.6 Å². The zero-order valence-corrected chi connectivity index (χ0v) is 56.1. The molecule has 0 aromatic rings. The third-order valence-electron chi connectivity index (χ3n) is 17.9. The van der Waals surface area contributed by atoms with Crippen molar-refractivity contribution in [3.8, 4) is 0 Å². The molecular weight excluding hydrogens is 1050 g/mol. The molecule has 7 atom stereocenters. The third kappa shape index (κ3) is 53.7. The van der Waals surface area contributed by atoms with Crippen LogP contribution in [0.15, 0.2) is 48.6 Å². The summed E-state index contributed by atoms with van der Waals surface area (Å²) >= 11 is 0. The maximum Gasteiger partial charge on any atom is 0.220 e. The van der Waals surface area contributed by atoms with Crippen molar-refractivity contribution < 1.29 is 39.8 Å². The van der Waals surface area contributed by atoms with Crippen LogP contribution in [0.2, 0.25) is 0 Å². The summed E-state index contributed by atoms with van der Waals surface area (Å²) < 4.78 is 11.3. The average Bonchev–Trinajstić information content (AvgIpc) is 3.71. The molecule has 1 rings (SSSR count). The molecule has 1 aliphatic rings. The van der Waals surface area contributed by atoms with E-state index >= 15 is 0 Å². The number of aliphatic hydroxyl groups is 5. The quantitative estimate of drug-likeness (QED) is 0.0261. The summed E-state index contributed by atoms with van der Waals surface area (Å²) in [5.74, 6) is -0.179. The van der Waals surface area contributed by atoms with Crippen LogP contribution in [-0.4, -0.2) is 87.5 Å². The molecule has 1 fully saturated rings. The fourth-order valence-electron chi connectivity index (χ4n) is 12.0. The van der Waals surface area contributed by atoms with E-state index in [2.05, 4.69) is 55.6 Å². The molecule has 0 aromatic carbocycles. The minimum absolute atomic E-state index is 0.179. The molecule has 9 heteroatoms. The van der Waals surface area contributed by atoms with Gasteiger partial charge in [0.05, 0.1) is 25.4 Å². The number of rotatable bonds is 66. The SMILES string of the molecule is CCCCCCC/C=C\C/C=C\CCCCCCCCCCCCCCCCCCCCCCCCCC(=O)NC(COC1OC(CO)C(O)C(O)C1O)C(O)/C=C/CC/C=C/CCCCCCCCCCCCCCCCCCCCCCC. The highest BCUT2D eigenvalue weighted by Gasteiger charge is 2.44. The summed E-state index contributed by atoms with van der Waals surface area (Å²) in [4.78, 5) is 13.1. The van der Waals surface area contributed by atoms with Gasteiger partial charge in [0.25, 0.3) is 0 Å². The molecule has 9 nitrogen and oxygen atoms in total. The third-order valence-corrected chi connectivity index (χ3v) is 17.9. The maximum atomic E-state index is 13.1. The molecule has 1 heterocycles. The number of ether oxygens (including phenoxy) is 2. The Morgan fingerprint density at radius 1 is 0.400 bits per heavy atom. The van der Waals surface area contributed by atoms with Crippen molar-refractivity contribution in [2.24, 2.45) is 0 Å². The predicted molar refractivity (Wildman–Crippen MR) is 364 cm³/mol. The summed E-state index contributed by atoms with van der Waals surface area (Å²) in [6.07, 6.45) is 82.4. The van der Waals surface area contributed by atoms with Crippen LogP contribution in [0.1, 0.15) is 373 Å². The lowest BCUT2D eigenvalue weighted by atomic mass is 9.99. The van der Waals surface area contributed by atoms with Crippen LogP contribution < -0.4 is 5.32 Å². The molecule has 500 valence electrons. The van der Waals surface area contributed by atoms with Gasteiger partial charge in [-0.1, -0.05) is 351 Å². The van der Waals surface area contributed by atoms with Gasteiger partial charge in [-0.2, -0.15) is 0 Å². The van der Waals surface area contributed by atoms with E-state index in [-0.39, 0.29) is 12.5 Å². The highest BCUT2D eigenvalue weighted by atomic mass is 16.7. The fraction of sp³-hybridized carbons (Fsp3) is 0.882. The van der Waals surface area contributed by atoms with Crippen molar-refractivity contribution in [1.82, 2.24) is 5.32 Å². The summed E-state index contributed by atoms with van der Waals surface area (Å²) in [7, 11) is 0. The maximum absolute atomic E-state index is 13.1. The van der Waals surface area contributed by atoms with Gasteiger partial charge in [0, 0.05) is 6.42 Å². The van der Waals surface area contributed by atoms with E-state index in [1.807, 2.05) is 6.08 Å². The van der Waals surface area contributed by atoms with E-state index in [0.29, 0.717) is 6.42 Å². The number of nitrogens with one attached hydrogen (secondary N) is 1. The summed E-state index contributed by atoms with van der Waals surface area (Å²) in [5.41, 5.74) is 0. The Labute approximate surface area is 526 Å². The molecule has 0 aromatic heterocycles. The highest BCUT2D eigenvalue weighted by molar-refractivity contribution is 5.76. The van der Waals surface area contributed by atoms with Gasteiger partial charge in [-0.3, -0.25) is 4.79 Å². The fourth-order valence-corrected chi connectivity index (χ4v) is 12.0. The standard InChI is InChI=1S/C76H143NO8/c1-3-5-7-9-11-13-15-17-19-21-23-25-27-29-31-32-33-34-35-36-37-38-40-42-44-46-48-50-52-54-56-58-60-62-64-66-72(80)77-69(68-84-76-75(83)74(82)73(81)71(67-78)85-76)70(79)65-63-61-59-57-55-53-51-49-47-45-43-41-39-30-28-26-24-22-20-18-16-14-12-10-8-6-4-2/h15,17,21,23,55,57,63,65,69-71,73-76,78-79,81-83H,3-14,16,18-20,22,24-54,56,58-62,64,66-68H2,1-2H3,(H,77,80)/b17-15-,23-21-,57-55+,65-63+. The van der Waals surface area contributed by atoms with Gasteiger partial charge >= 0.3 is 0 Å². The smallest absolute Gasteiger partial charge is 0.220 e. The number of hydrogen-bond acceptors (Lipinski definition) is 8. The largest absolute Gasteiger partial charge is 0.394 e. The van der Waals surface area contributed by atoms with Gasteiger partial charge in [-0.05, 0) is 64.2 Å². The lowest BCUT2D eigenvalue weighted by Gasteiger charge is -2.40. The van der Waals surface area contributed by atoms with Crippen LogP contribution in [0, 0.1) is 0 Å². The predicted octanol–water partition coefficient (Wildman–Crippen LogP) is 20.8. The summed E-state index contributed by atoms with van der Waals surface area (Å²) in [6, 6.07) is -0.823. The van der Waals surface area contributed by atoms with Crippen LogP contribution in [0.5, 0.6) is 0 Å². The summed E-state index contributed by atoms with van der Waals surface area (Å²) in [6.45, 7) is 3.81. The molecule has 1 amide bonds. The zero-order valence-electron chi connectivity index (χ0n) is 56.1. The lowest BCUT2D eigenvalue weighted by Crippen LogP contribution is -2.60. The molecule has 85 heavy (non-hydrogen) atoms. The van der Waals surface area contributed by atoms with E-state index in [1.54, 1.807) is 6.08 Å². The van der Waals surface area contributed by atoms with Gasteiger partial charge in [-0.15, -0.1) is 0 Å². The number of aliphatic hydroxyl groups excluding tert-OH is 5. The van der Waals surface area contributed by atoms with Crippen molar-refractivity contribution in [2.45, 2.75) is 416 Å². The molecule has 1 saturated heterocycles. The normalized spacial score (nSPS) is 18.3. The number of hydrogen-bond donors (Lipinski definition) is 6. The zero-order chi connectivity index (χ0) is 61.4. The van der Waals surface area contributed by atoms with Crippen LogP contribution in [0.25, 0.3) is 0 Å². The minimum atomic E-state index is -1.57. The van der Waals surface area contributed by atoms with Gasteiger partial charge in [0.1, 0.15) is 24.4 Å². The molecule has 0 aliphatic carbocycles. The van der Waals surface area contributed by atoms with E-state index in [0.717, 1.165) is 44.9 Å². The van der Waals surface area contributed by atoms with Crippen molar-refractivity contribution in [1.29, 1.82) is 0 Å². The van der Waals surface area contributed by atoms with E-state index in [9.17, 15) is 30.3 Å². The molecule has 7 unspecified atom stereocenters. The Balaban J connectivity index is 2.10. The number of amides is 1. The van der Waals surface area contributed by atoms with Gasteiger partial charge < -0.3 is 40.3 Å². The summed E-state index contributed by atoms with van der Waals surface area (Å²) in [5, 5.41) is 54.8. The first kappa shape index (κ1) is 81.2. The van der Waals surface area contributed by atoms with E-state index < -0.39 is 49.5 Å². The monoisotopic (exact) mass is 1200 g/mol. The Morgan fingerprint density at radius 2 is 0.706 bits per heavy atom. The van der Waals surface area contributed by atoms with Crippen LogP contribution in [-0.2, 0) is 14.3 Å². The second kappa shape index (κ2) is 65.1. The topological polar surface area (TPSA) is 149 Å². The van der Waals surface area contributed by atoms with Crippen LogP contribution in [0.4, 0.5) is 0 Å². The Kier molecular flexibility index (Phi) is 62.2. The highest BCUT2D eigenvalue weighted by Crippen LogP contribution is 2.24. The Morgan fingerprint density at radius 3 is 1.06 bits per heavy atom. The van der Waals surface area contributed by atoms with E-state index in [1.165, 1.54) is 308 Å². The second-order valence-electron chi connectivity index (χ2n) is 26.1. The first-order valence-corrected chi connectivity index (χ1v) is 37.4. The Bertz CT molecular complexity index is 1480. The number of carbonyl (C=O) groups is 1. The Hall–Kier alpha value is -1.85. The van der Waals surface area contributed by atoms with Crippen molar-refractivity contribution in [2.75, 3.05) is 13.2 Å². The number of allylic oxidation sites excluding steroid dienone is 7. The molecule has 0 saturated carbocycles. The van der Waals surface area contributed by atoms with Gasteiger partial charge in [0.15, 0.2) is 6.29 Å². The molecule has 0 spiro atoms. The van der Waals surface area contributed by atoms with Crippen LogP contribution >= 0.6 is 0 Å². The molecule has 0 radical (unpaired) electrons. The molecule has 6 N–H and O–H groups in total. The second-order valence-corrected chi connectivity index (χ2v) is 26.1. The van der Waals surface area contributed by atoms with Crippen molar-refractivity contribution >= 4 is 5.91 Å². The first-order valence-electron chi connectivity index (χ1n) is 37.4. The van der Waals surface area contributed by atoms with Gasteiger partial charge in [0.2, 0.25) is 5.91 Å². The van der Waals surface area contributed by atoms with Crippen LogP contribution in [0.3, 0.4) is 0 Å². The minimum Gasteiger partial charge on any atom is -0.394 e. The average molecular weight is 1200 g/mol. The number of unbranched alkanes of at least 4 members (excludes halogenated alkanes) is 50. The van der Waals surface area contributed by atoms with E-state index in [4.69, 9.17) is 9.47 Å². The molecular formula is C76H143NO8. The number of carbonyl (C=O) groups excluding carboxylic acids is 1. The van der Waals surface area contributed by atoms with Crippen molar-refractivity contribution in [3.63, 3.8) is 0 Å². The first-order chi connectivity index (χ1) is 41.8.